The second kappa shape index (κ2) is 7.48. The first kappa shape index (κ1) is 16.0. The van der Waals surface area contributed by atoms with Crippen molar-refractivity contribution in [1.29, 1.82) is 0 Å². The zero-order valence-electron chi connectivity index (χ0n) is 12.2. The quantitative estimate of drug-likeness (QED) is 0.684. The fourth-order valence-electron chi connectivity index (χ4n) is 2.67. The summed E-state index contributed by atoms with van der Waals surface area (Å²) in [6, 6.07) is 0.0841. The molecule has 1 aliphatic carbocycles. The van der Waals surface area contributed by atoms with Gasteiger partial charge in [-0.1, -0.05) is 20.8 Å². The van der Waals surface area contributed by atoms with Gasteiger partial charge >= 0.3 is 0 Å². The minimum Gasteiger partial charge on any atom is -0.355 e. The lowest BCUT2D eigenvalue weighted by molar-refractivity contribution is -0.131. The standard InChI is InChI=1S/C14H27N3O2/c1-4-5-16-13(18)8-17-14(19)11-7-12(15)10(3)6-9(11)2/h9-12H,4-8,15H2,1-3H3,(H,16,18)(H,17,19). The zero-order valence-corrected chi connectivity index (χ0v) is 12.2. The van der Waals surface area contributed by atoms with Crippen LogP contribution in [0.5, 0.6) is 0 Å². The van der Waals surface area contributed by atoms with Crippen LogP contribution in [0, 0.1) is 17.8 Å². The molecule has 2 amide bonds. The number of carbonyl (C=O) groups excluding carboxylic acids is 2. The molecular weight excluding hydrogens is 242 g/mol. The molecular formula is C14H27N3O2. The third-order valence-electron chi connectivity index (χ3n) is 4.02. The number of nitrogens with two attached hydrogens (primary N) is 1. The summed E-state index contributed by atoms with van der Waals surface area (Å²) in [5.74, 6) is 0.559. The summed E-state index contributed by atoms with van der Waals surface area (Å²) in [6.07, 6.45) is 2.58. The van der Waals surface area contributed by atoms with Crippen LogP contribution in [0.1, 0.15) is 40.0 Å². The smallest absolute Gasteiger partial charge is 0.239 e. The molecule has 4 unspecified atom stereocenters. The lowest BCUT2D eigenvalue weighted by Crippen LogP contribution is -2.47. The van der Waals surface area contributed by atoms with Gasteiger partial charge in [0, 0.05) is 18.5 Å². The van der Waals surface area contributed by atoms with Gasteiger partial charge in [0.25, 0.3) is 0 Å². The Bertz CT molecular complexity index is 320. The van der Waals surface area contributed by atoms with Gasteiger partial charge in [0.15, 0.2) is 0 Å². The third-order valence-corrected chi connectivity index (χ3v) is 4.02. The van der Waals surface area contributed by atoms with E-state index in [-0.39, 0.29) is 30.3 Å². The Morgan fingerprint density at radius 1 is 1.16 bits per heavy atom. The Kier molecular flexibility index (Phi) is 6.28. The first-order valence-electron chi connectivity index (χ1n) is 7.25. The van der Waals surface area contributed by atoms with Crippen LogP contribution in [-0.4, -0.2) is 30.9 Å². The van der Waals surface area contributed by atoms with E-state index >= 15 is 0 Å². The van der Waals surface area contributed by atoms with Crippen LogP contribution in [0.2, 0.25) is 0 Å². The molecule has 19 heavy (non-hydrogen) atoms. The van der Waals surface area contributed by atoms with E-state index in [1.165, 1.54) is 0 Å². The summed E-state index contributed by atoms with van der Waals surface area (Å²) in [4.78, 5) is 23.5. The van der Waals surface area contributed by atoms with Gasteiger partial charge in [0.2, 0.25) is 11.8 Å². The van der Waals surface area contributed by atoms with E-state index in [2.05, 4.69) is 24.5 Å². The molecule has 0 radical (unpaired) electrons. The highest BCUT2D eigenvalue weighted by Gasteiger charge is 2.34. The van der Waals surface area contributed by atoms with E-state index in [1.54, 1.807) is 0 Å². The Labute approximate surface area is 115 Å². The van der Waals surface area contributed by atoms with Crippen LogP contribution in [0.4, 0.5) is 0 Å². The van der Waals surface area contributed by atoms with Gasteiger partial charge in [-0.25, -0.2) is 0 Å². The van der Waals surface area contributed by atoms with Gasteiger partial charge in [-0.2, -0.15) is 0 Å². The summed E-state index contributed by atoms with van der Waals surface area (Å²) in [6.45, 7) is 6.92. The van der Waals surface area contributed by atoms with Crippen molar-refractivity contribution in [3.8, 4) is 0 Å². The number of rotatable bonds is 5. The van der Waals surface area contributed by atoms with Crippen molar-refractivity contribution in [3.63, 3.8) is 0 Å². The van der Waals surface area contributed by atoms with Crippen LogP contribution in [0.15, 0.2) is 0 Å². The maximum absolute atomic E-state index is 12.1. The number of hydrogen-bond donors (Lipinski definition) is 3. The molecule has 0 bridgehead atoms. The monoisotopic (exact) mass is 269 g/mol. The van der Waals surface area contributed by atoms with Crippen molar-refractivity contribution in [2.24, 2.45) is 23.5 Å². The minimum absolute atomic E-state index is 0.0403. The molecule has 0 spiro atoms. The molecule has 1 rings (SSSR count). The SMILES string of the molecule is CCCNC(=O)CNC(=O)C1CC(N)C(C)CC1C. The summed E-state index contributed by atoms with van der Waals surface area (Å²) in [5, 5.41) is 5.46. The van der Waals surface area contributed by atoms with E-state index in [1.807, 2.05) is 6.92 Å². The lowest BCUT2D eigenvalue weighted by atomic mass is 9.72. The van der Waals surface area contributed by atoms with Crippen molar-refractivity contribution >= 4 is 11.8 Å². The molecule has 5 nitrogen and oxygen atoms in total. The fourth-order valence-corrected chi connectivity index (χ4v) is 2.67. The predicted octanol–water partition coefficient (Wildman–Crippen LogP) is 0.638. The second-order valence-corrected chi connectivity index (χ2v) is 5.76. The molecule has 0 aromatic heterocycles. The molecule has 4 atom stereocenters. The van der Waals surface area contributed by atoms with E-state index in [4.69, 9.17) is 5.73 Å². The lowest BCUT2D eigenvalue weighted by Gasteiger charge is -2.36. The molecule has 110 valence electrons. The van der Waals surface area contributed by atoms with Crippen molar-refractivity contribution in [3.05, 3.63) is 0 Å². The van der Waals surface area contributed by atoms with Gasteiger partial charge in [-0.05, 0) is 31.1 Å². The molecule has 1 saturated carbocycles. The zero-order chi connectivity index (χ0) is 14.4. The first-order valence-corrected chi connectivity index (χ1v) is 7.25. The molecule has 1 aliphatic rings. The van der Waals surface area contributed by atoms with E-state index in [9.17, 15) is 9.59 Å². The summed E-state index contributed by atoms with van der Waals surface area (Å²) < 4.78 is 0. The van der Waals surface area contributed by atoms with Gasteiger partial charge < -0.3 is 16.4 Å². The first-order chi connectivity index (χ1) is 8.95. The number of carbonyl (C=O) groups is 2. The number of hydrogen-bond acceptors (Lipinski definition) is 3. The van der Waals surface area contributed by atoms with Crippen LogP contribution in [-0.2, 0) is 9.59 Å². The minimum atomic E-state index is -0.128. The van der Waals surface area contributed by atoms with Crippen molar-refractivity contribution in [2.45, 2.75) is 46.1 Å². The van der Waals surface area contributed by atoms with Gasteiger partial charge in [0.1, 0.15) is 0 Å². The Hall–Kier alpha value is -1.10. The average Bonchev–Trinajstić information content (AvgIpc) is 2.37. The maximum atomic E-state index is 12.1. The third kappa shape index (κ3) is 4.82. The summed E-state index contributed by atoms with van der Waals surface area (Å²) in [5.41, 5.74) is 6.03. The van der Waals surface area contributed by atoms with Gasteiger partial charge in [0.05, 0.1) is 6.54 Å². The van der Waals surface area contributed by atoms with Crippen molar-refractivity contribution in [1.82, 2.24) is 10.6 Å². The highest BCUT2D eigenvalue weighted by molar-refractivity contribution is 5.86. The molecule has 0 aromatic rings. The largest absolute Gasteiger partial charge is 0.355 e. The van der Waals surface area contributed by atoms with E-state index < -0.39 is 0 Å². The molecule has 5 heteroatoms. The van der Waals surface area contributed by atoms with Crippen molar-refractivity contribution < 1.29 is 9.59 Å². The second-order valence-electron chi connectivity index (χ2n) is 5.76. The molecule has 0 aromatic carbocycles. The number of nitrogens with one attached hydrogen (secondary N) is 2. The average molecular weight is 269 g/mol. The molecule has 4 N–H and O–H groups in total. The highest BCUT2D eigenvalue weighted by atomic mass is 16.2. The molecule has 0 saturated heterocycles. The normalized spacial score (nSPS) is 30.7. The van der Waals surface area contributed by atoms with E-state index in [0.29, 0.717) is 24.8 Å². The maximum Gasteiger partial charge on any atom is 0.239 e. The van der Waals surface area contributed by atoms with Crippen LogP contribution in [0.3, 0.4) is 0 Å². The van der Waals surface area contributed by atoms with Crippen LogP contribution >= 0.6 is 0 Å². The fraction of sp³-hybridized carbons (Fsp3) is 0.857. The Morgan fingerprint density at radius 3 is 2.47 bits per heavy atom. The van der Waals surface area contributed by atoms with Crippen LogP contribution in [0.25, 0.3) is 0 Å². The van der Waals surface area contributed by atoms with E-state index in [0.717, 1.165) is 12.8 Å². The highest BCUT2D eigenvalue weighted by Crippen LogP contribution is 2.32. The Balaban J connectivity index is 2.38. The molecule has 0 heterocycles. The van der Waals surface area contributed by atoms with Crippen molar-refractivity contribution in [2.75, 3.05) is 13.1 Å². The predicted molar refractivity (Wildman–Crippen MR) is 75.3 cm³/mol. The van der Waals surface area contributed by atoms with Gasteiger partial charge in [-0.15, -0.1) is 0 Å². The number of amides is 2. The topological polar surface area (TPSA) is 84.2 Å². The molecule has 0 aliphatic heterocycles. The van der Waals surface area contributed by atoms with Gasteiger partial charge in [-0.3, -0.25) is 9.59 Å². The summed E-state index contributed by atoms with van der Waals surface area (Å²) >= 11 is 0. The summed E-state index contributed by atoms with van der Waals surface area (Å²) in [7, 11) is 0. The molecule has 1 fully saturated rings. The Morgan fingerprint density at radius 2 is 1.84 bits per heavy atom. The van der Waals surface area contributed by atoms with Crippen LogP contribution < -0.4 is 16.4 Å².